The molecule has 8 heteroatoms. The van der Waals surface area contributed by atoms with Gasteiger partial charge < -0.3 is 10.3 Å². The van der Waals surface area contributed by atoms with E-state index >= 15 is 0 Å². The molecule has 2 aromatic carbocycles. The maximum atomic E-state index is 12.5. The quantitative estimate of drug-likeness (QED) is 0.558. The van der Waals surface area contributed by atoms with Gasteiger partial charge in [0.25, 0.3) is 11.5 Å². The summed E-state index contributed by atoms with van der Waals surface area (Å²) in [5.41, 5.74) is 1.32. The van der Waals surface area contributed by atoms with Crippen LogP contribution in [0.5, 0.6) is 0 Å². The number of rotatable bonds is 4. The van der Waals surface area contributed by atoms with E-state index in [9.17, 15) is 9.59 Å². The Morgan fingerprint density at radius 1 is 1.07 bits per heavy atom. The van der Waals surface area contributed by atoms with Crippen molar-refractivity contribution in [2.45, 2.75) is 6.42 Å². The Morgan fingerprint density at radius 3 is 2.69 bits per heavy atom. The third kappa shape index (κ3) is 3.99. The Balaban J connectivity index is 1.57. The Hall–Kier alpha value is -4.38. The molecule has 0 saturated carbocycles. The van der Waals surface area contributed by atoms with Crippen molar-refractivity contribution in [3.05, 3.63) is 93.8 Å². The fourth-order valence-corrected chi connectivity index (χ4v) is 2.82. The lowest BCUT2D eigenvalue weighted by atomic mass is 10.1. The Morgan fingerprint density at radius 2 is 1.90 bits per heavy atom. The minimum absolute atomic E-state index is 0.00170. The molecule has 0 saturated heterocycles. The maximum absolute atomic E-state index is 12.5. The van der Waals surface area contributed by atoms with Gasteiger partial charge in [-0.3, -0.25) is 9.59 Å². The number of nitrogens with one attached hydrogen (secondary N) is 2. The zero-order valence-electron chi connectivity index (χ0n) is 15.1. The minimum atomic E-state index is -0.595. The molecule has 29 heavy (non-hydrogen) atoms. The lowest BCUT2D eigenvalue weighted by molar-refractivity contribution is 0.101. The van der Waals surface area contributed by atoms with E-state index in [1.165, 1.54) is 6.07 Å². The fourth-order valence-electron chi connectivity index (χ4n) is 2.82. The summed E-state index contributed by atoms with van der Waals surface area (Å²) in [5, 5.41) is 20.0. The molecular weight excluding hydrogens is 368 g/mol. The zero-order chi connectivity index (χ0) is 20.2. The summed E-state index contributed by atoms with van der Waals surface area (Å²) in [5.74, 6) is -0.0583. The molecule has 140 valence electrons. The van der Waals surface area contributed by atoms with Crippen LogP contribution in [0.4, 0.5) is 5.69 Å². The third-order valence-electron chi connectivity index (χ3n) is 4.25. The van der Waals surface area contributed by atoms with Gasteiger partial charge in [0, 0.05) is 11.8 Å². The highest BCUT2D eigenvalue weighted by Crippen LogP contribution is 2.13. The van der Waals surface area contributed by atoms with Gasteiger partial charge in [-0.25, -0.2) is 4.98 Å². The number of benzene rings is 2. The molecule has 0 fully saturated rings. The van der Waals surface area contributed by atoms with E-state index in [2.05, 4.69) is 25.5 Å². The summed E-state index contributed by atoms with van der Waals surface area (Å²) in [6.07, 6.45) is 0.502. The van der Waals surface area contributed by atoms with E-state index < -0.39 is 11.5 Å². The number of H-pyrrole nitrogens is 1. The standard InChI is InChI=1S/C21H14N6O2/c22-12-14-6-8-16-15(10-14)7-9-17(20(28)23-16)24-21(29)19-25-18(26-27-19)11-13-4-2-1-3-5-13/h1-10H,11H2,(H,25,26,27)(H,23,24,28,29). The van der Waals surface area contributed by atoms with Gasteiger partial charge in [-0.05, 0) is 29.8 Å². The molecule has 2 N–H and O–H groups in total. The van der Waals surface area contributed by atoms with Gasteiger partial charge in [0.05, 0.1) is 17.1 Å². The minimum Gasteiger partial charge on any atom is -0.321 e. The molecule has 1 amide bonds. The average molecular weight is 382 g/mol. The summed E-state index contributed by atoms with van der Waals surface area (Å²) in [6.45, 7) is 0. The molecule has 0 unspecified atom stereocenters. The second-order valence-electron chi connectivity index (χ2n) is 6.29. The number of nitriles is 1. The molecule has 0 bridgehead atoms. The SMILES string of the molecule is N#Cc1ccc2nc(=O)c(NC(=O)c3nnc(Cc4ccccc4)[nH]3)ccc2c1. The number of anilines is 1. The number of hydrogen-bond acceptors (Lipinski definition) is 6. The molecule has 0 radical (unpaired) electrons. The van der Waals surface area contributed by atoms with Crippen LogP contribution in [0.3, 0.4) is 0 Å². The van der Waals surface area contributed by atoms with E-state index in [1.807, 2.05) is 36.4 Å². The van der Waals surface area contributed by atoms with E-state index in [0.29, 0.717) is 28.7 Å². The number of nitrogens with zero attached hydrogens (tertiary/aromatic N) is 4. The van der Waals surface area contributed by atoms with Crippen molar-refractivity contribution < 1.29 is 4.79 Å². The van der Waals surface area contributed by atoms with Crippen LogP contribution < -0.4 is 10.9 Å². The van der Waals surface area contributed by atoms with E-state index in [1.54, 1.807) is 24.3 Å². The number of carbonyl (C=O) groups is 1. The Bertz CT molecular complexity index is 1310. The molecule has 2 aromatic heterocycles. The predicted molar refractivity (Wildman–Crippen MR) is 106 cm³/mol. The predicted octanol–water partition coefficient (Wildman–Crippen LogP) is 2.43. The van der Waals surface area contributed by atoms with Gasteiger partial charge in [-0.15, -0.1) is 10.2 Å². The first-order valence-electron chi connectivity index (χ1n) is 8.74. The van der Waals surface area contributed by atoms with Crippen LogP contribution in [0.25, 0.3) is 10.9 Å². The highest BCUT2D eigenvalue weighted by Gasteiger charge is 2.14. The molecule has 0 aliphatic rings. The van der Waals surface area contributed by atoms with Crippen LogP contribution in [0.2, 0.25) is 0 Å². The van der Waals surface area contributed by atoms with Crippen LogP contribution >= 0.6 is 0 Å². The van der Waals surface area contributed by atoms with Crippen molar-refractivity contribution in [2.75, 3.05) is 5.32 Å². The van der Waals surface area contributed by atoms with Crippen molar-refractivity contribution in [3.63, 3.8) is 0 Å². The molecule has 0 atom stereocenters. The molecule has 0 spiro atoms. The largest absolute Gasteiger partial charge is 0.321 e. The van der Waals surface area contributed by atoms with Gasteiger partial charge in [0.15, 0.2) is 0 Å². The zero-order valence-corrected chi connectivity index (χ0v) is 15.1. The lowest BCUT2D eigenvalue weighted by Crippen LogP contribution is -2.19. The van der Waals surface area contributed by atoms with Crippen molar-refractivity contribution in [1.29, 1.82) is 5.26 Å². The number of aromatic amines is 1. The molecule has 0 aliphatic heterocycles. The summed E-state index contributed by atoms with van der Waals surface area (Å²) < 4.78 is 0. The topological polar surface area (TPSA) is 124 Å². The average Bonchev–Trinajstić information content (AvgIpc) is 3.14. The van der Waals surface area contributed by atoms with E-state index in [0.717, 1.165) is 5.56 Å². The number of carbonyl (C=O) groups excluding carboxylic acids is 1. The van der Waals surface area contributed by atoms with Crippen LogP contribution in [-0.4, -0.2) is 26.1 Å². The Kier molecular flexibility index (Phi) is 4.78. The highest BCUT2D eigenvalue weighted by atomic mass is 16.2. The molecule has 0 aliphatic carbocycles. The number of hydrogen-bond donors (Lipinski definition) is 2. The van der Waals surface area contributed by atoms with Crippen molar-refractivity contribution in [3.8, 4) is 6.07 Å². The normalized spacial score (nSPS) is 10.4. The fraction of sp³-hybridized carbons (Fsp3) is 0.0476. The van der Waals surface area contributed by atoms with Gasteiger partial charge in [-0.2, -0.15) is 5.26 Å². The Labute approximate surface area is 164 Å². The first-order chi connectivity index (χ1) is 14.1. The van der Waals surface area contributed by atoms with Crippen LogP contribution in [0.15, 0.2) is 65.5 Å². The maximum Gasteiger partial charge on any atom is 0.294 e. The van der Waals surface area contributed by atoms with Crippen molar-refractivity contribution >= 4 is 22.5 Å². The molecule has 4 rings (SSSR count). The summed E-state index contributed by atoms with van der Waals surface area (Å²) in [7, 11) is 0. The number of aromatic nitrogens is 4. The van der Waals surface area contributed by atoms with Crippen LogP contribution in [-0.2, 0) is 6.42 Å². The second-order valence-corrected chi connectivity index (χ2v) is 6.29. The van der Waals surface area contributed by atoms with Crippen molar-refractivity contribution in [1.82, 2.24) is 20.2 Å². The smallest absolute Gasteiger partial charge is 0.294 e. The summed E-state index contributed by atoms with van der Waals surface area (Å²) in [4.78, 5) is 31.7. The third-order valence-corrected chi connectivity index (χ3v) is 4.25. The van der Waals surface area contributed by atoms with Crippen LogP contribution in [0, 0.1) is 11.3 Å². The second kappa shape index (κ2) is 7.70. The summed E-state index contributed by atoms with van der Waals surface area (Å²) in [6, 6.07) is 19.6. The van der Waals surface area contributed by atoms with E-state index in [-0.39, 0.29) is 11.5 Å². The number of fused-ring (bicyclic) bond motifs is 1. The number of amides is 1. The first-order valence-corrected chi connectivity index (χ1v) is 8.74. The van der Waals surface area contributed by atoms with Crippen molar-refractivity contribution in [2.24, 2.45) is 0 Å². The molecule has 4 aromatic rings. The molecule has 2 heterocycles. The lowest BCUT2D eigenvalue weighted by Gasteiger charge is -1.98. The molecular formula is C21H14N6O2. The van der Waals surface area contributed by atoms with Gasteiger partial charge in [-0.1, -0.05) is 36.4 Å². The van der Waals surface area contributed by atoms with Gasteiger partial charge in [0.2, 0.25) is 5.82 Å². The van der Waals surface area contributed by atoms with E-state index in [4.69, 9.17) is 5.26 Å². The molecule has 8 nitrogen and oxygen atoms in total. The van der Waals surface area contributed by atoms with Gasteiger partial charge >= 0.3 is 0 Å². The highest BCUT2D eigenvalue weighted by molar-refractivity contribution is 6.01. The summed E-state index contributed by atoms with van der Waals surface area (Å²) >= 11 is 0. The monoisotopic (exact) mass is 382 g/mol. The van der Waals surface area contributed by atoms with Crippen LogP contribution in [0.1, 0.15) is 27.6 Å². The van der Waals surface area contributed by atoms with Gasteiger partial charge in [0.1, 0.15) is 11.5 Å². The first kappa shape index (κ1) is 18.0.